The molecule has 3 aromatic rings. The molecular weight excluding hydrogens is 392 g/mol. The van der Waals surface area contributed by atoms with Crippen LogP contribution in [0.15, 0.2) is 46.0 Å². The third-order valence-electron chi connectivity index (χ3n) is 5.15. The molecule has 4 rings (SSSR count). The van der Waals surface area contributed by atoms with Gasteiger partial charge in [-0.25, -0.2) is 4.79 Å². The SMILES string of the molecule is C=C(C)Cn1c(N2CCN(c3cccc(Cl)c3)CC2)nc2c1c(=O)[nH]c(=O)n2C. The minimum absolute atomic E-state index is 0.382. The molecule has 1 aromatic carbocycles. The van der Waals surface area contributed by atoms with Crippen LogP contribution in [0.5, 0.6) is 0 Å². The number of nitrogens with zero attached hydrogens (tertiary/aromatic N) is 5. The van der Waals surface area contributed by atoms with Gasteiger partial charge in [0.1, 0.15) is 0 Å². The minimum Gasteiger partial charge on any atom is -0.368 e. The number of nitrogens with one attached hydrogen (secondary N) is 1. The average molecular weight is 415 g/mol. The Morgan fingerprint density at radius 2 is 1.90 bits per heavy atom. The molecule has 0 amide bonds. The van der Waals surface area contributed by atoms with Crippen LogP contribution >= 0.6 is 11.6 Å². The molecule has 152 valence electrons. The van der Waals surface area contributed by atoms with E-state index in [0.29, 0.717) is 28.7 Å². The molecule has 1 aliphatic rings. The fraction of sp³-hybridized carbons (Fsp3) is 0.350. The van der Waals surface area contributed by atoms with Gasteiger partial charge in [0.2, 0.25) is 5.95 Å². The number of H-pyrrole nitrogens is 1. The van der Waals surface area contributed by atoms with Crippen LogP contribution in [0.4, 0.5) is 11.6 Å². The number of rotatable bonds is 4. The maximum absolute atomic E-state index is 12.5. The van der Waals surface area contributed by atoms with Gasteiger partial charge in [0.05, 0.1) is 0 Å². The fourth-order valence-corrected chi connectivity index (χ4v) is 3.91. The summed E-state index contributed by atoms with van der Waals surface area (Å²) in [5.74, 6) is 0.681. The smallest absolute Gasteiger partial charge is 0.329 e. The molecule has 1 N–H and O–H groups in total. The molecule has 0 bridgehead atoms. The maximum atomic E-state index is 12.5. The van der Waals surface area contributed by atoms with E-state index >= 15 is 0 Å². The van der Waals surface area contributed by atoms with Gasteiger partial charge < -0.3 is 14.4 Å². The van der Waals surface area contributed by atoms with E-state index in [9.17, 15) is 9.59 Å². The number of benzene rings is 1. The van der Waals surface area contributed by atoms with Crippen molar-refractivity contribution < 1.29 is 0 Å². The average Bonchev–Trinajstić information content (AvgIpc) is 3.05. The van der Waals surface area contributed by atoms with E-state index in [1.165, 1.54) is 4.57 Å². The molecule has 0 spiro atoms. The molecule has 29 heavy (non-hydrogen) atoms. The molecule has 9 heteroatoms. The third kappa shape index (κ3) is 3.55. The first kappa shape index (κ1) is 19.3. The summed E-state index contributed by atoms with van der Waals surface area (Å²) in [4.78, 5) is 36.0. The van der Waals surface area contributed by atoms with E-state index < -0.39 is 11.2 Å². The van der Waals surface area contributed by atoms with E-state index in [1.807, 2.05) is 35.8 Å². The Balaban J connectivity index is 1.70. The van der Waals surface area contributed by atoms with E-state index in [0.717, 1.165) is 37.4 Å². The van der Waals surface area contributed by atoms with Crippen LogP contribution in [-0.2, 0) is 13.6 Å². The normalized spacial score (nSPS) is 14.6. The number of anilines is 2. The highest BCUT2D eigenvalue weighted by atomic mass is 35.5. The molecule has 0 aliphatic carbocycles. The molecule has 1 aliphatic heterocycles. The largest absolute Gasteiger partial charge is 0.368 e. The van der Waals surface area contributed by atoms with Gasteiger partial charge in [0.15, 0.2) is 11.2 Å². The van der Waals surface area contributed by atoms with Gasteiger partial charge in [-0.15, -0.1) is 0 Å². The number of aromatic amines is 1. The van der Waals surface area contributed by atoms with Gasteiger partial charge in [-0.1, -0.05) is 29.8 Å². The summed E-state index contributed by atoms with van der Waals surface area (Å²) in [7, 11) is 1.61. The lowest BCUT2D eigenvalue weighted by Crippen LogP contribution is -2.47. The molecular formula is C20H23ClN6O2. The van der Waals surface area contributed by atoms with Crippen molar-refractivity contribution in [2.24, 2.45) is 7.05 Å². The summed E-state index contributed by atoms with van der Waals surface area (Å²) >= 11 is 6.13. The Labute approximate surface area is 172 Å². The number of imidazole rings is 1. The number of fused-ring (bicyclic) bond motifs is 1. The zero-order valence-corrected chi connectivity index (χ0v) is 17.2. The molecule has 0 saturated carbocycles. The fourth-order valence-electron chi connectivity index (χ4n) is 3.72. The first-order chi connectivity index (χ1) is 13.8. The van der Waals surface area contributed by atoms with Crippen molar-refractivity contribution in [3.63, 3.8) is 0 Å². The zero-order chi connectivity index (χ0) is 20.7. The number of aryl methyl sites for hydroxylation is 1. The monoisotopic (exact) mass is 414 g/mol. The molecule has 3 heterocycles. The third-order valence-corrected chi connectivity index (χ3v) is 5.39. The highest BCUT2D eigenvalue weighted by molar-refractivity contribution is 6.30. The highest BCUT2D eigenvalue weighted by Crippen LogP contribution is 2.25. The van der Waals surface area contributed by atoms with Gasteiger partial charge in [0.25, 0.3) is 5.56 Å². The number of hydrogen-bond donors (Lipinski definition) is 1. The van der Waals surface area contributed by atoms with Crippen LogP contribution in [0, 0.1) is 0 Å². The minimum atomic E-state index is -0.472. The predicted molar refractivity (Wildman–Crippen MR) is 116 cm³/mol. The Morgan fingerprint density at radius 3 is 2.55 bits per heavy atom. The van der Waals surface area contributed by atoms with Crippen LogP contribution in [0.1, 0.15) is 6.92 Å². The van der Waals surface area contributed by atoms with Crippen molar-refractivity contribution >= 4 is 34.4 Å². The molecule has 0 unspecified atom stereocenters. The van der Waals surface area contributed by atoms with Crippen molar-refractivity contribution in [2.45, 2.75) is 13.5 Å². The van der Waals surface area contributed by atoms with E-state index in [4.69, 9.17) is 11.6 Å². The van der Waals surface area contributed by atoms with E-state index in [1.54, 1.807) is 7.05 Å². The van der Waals surface area contributed by atoms with Crippen molar-refractivity contribution in [1.82, 2.24) is 19.1 Å². The Morgan fingerprint density at radius 1 is 1.21 bits per heavy atom. The lowest BCUT2D eigenvalue weighted by molar-refractivity contribution is 0.624. The van der Waals surface area contributed by atoms with Gasteiger partial charge >= 0.3 is 5.69 Å². The molecule has 1 fully saturated rings. The van der Waals surface area contributed by atoms with Crippen molar-refractivity contribution in [1.29, 1.82) is 0 Å². The quantitative estimate of drug-likeness (QED) is 0.660. The maximum Gasteiger partial charge on any atom is 0.329 e. The Hall–Kier alpha value is -3.00. The molecule has 8 nitrogen and oxygen atoms in total. The summed E-state index contributed by atoms with van der Waals surface area (Å²) in [6.07, 6.45) is 0. The number of aromatic nitrogens is 4. The van der Waals surface area contributed by atoms with Crippen LogP contribution in [0.3, 0.4) is 0 Å². The molecule has 2 aromatic heterocycles. The standard InChI is InChI=1S/C20H23ClN6O2/c1-13(2)12-27-16-17(24(3)20(29)23-18(16)28)22-19(27)26-9-7-25(8-10-26)15-6-4-5-14(21)11-15/h4-6,11H,1,7-10,12H2,2-3H3,(H,23,28,29). The van der Waals surface area contributed by atoms with Crippen molar-refractivity contribution in [2.75, 3.05) is 36.0 Å². The summed E-state index contributed by atoms with van der Waals surface area (Å²) < 4.78 is 3.22. The number of hydrogen-bond acceptors (Lipinski definition) is 5. The van der Waals surface area contributed by atoms with Gasteiger partial charge in [-0.2, -0.15) is 4.98 Å². The van der Waals surface area contributed by atoms with Gasteiger partial charge in [0, 0.05) is 50.5 Å². The molecule has 0 radical (unpaired) electrons. The summed E-state index contributed by atoms with van der Waals surface area (Å²) in [5.41, 5.74) is 1.86. The Bertz CT molecular complexity index is 1200. The molecule has 1 saturated heterocycles. The van der Waals surface area contributed by atoms with Crippen molar-refractivity contribution in [3.05, 3.63) is 62.3 Å². The zero-order valence-electron chi connectivity index (χ0n) is 16.5. The van der Waals surface area contributed by atoms with Crippen LogP contribution in [0.25, 0.3) is 11.2 Å². The Kier molecular flexibility index (Phi) is 4.96. The molecule has 0 atom stereocenters. The van der Waals surface area contributed by atoms with Crippen molar-refractivity contribution in [3.8, 4) is 0 Å². The highest BCUT2D eigenvalue weighted by Gasteiger charge is 2.25. The summed E-state index contributed by atoms with van der Waals surface area (Å²) in [6.45, 7) is 9.41. The lowest BCUT2D eigenvalue weighted by Gasteiger charge is -2.36. The second kappa shape index (κ2) is 7.44. The first-order valence-electron chi connectivity index (χ1n) is 9.44. The first-order valence-corrected chi connectivity index (χ1v) is 9.82. The topological polar surface area (TPSA) is 79.2 Å². The number of allylic oxidation sites excluding steroid dienone is 1. The van der Waals surface area contributed by atoms with Gasteiger partial charge in [-0.3, -0.25) is 14.3 Å². The van der Waals surface area contributed by atoms with Crippen LogP contribution < -0.4 is 21.0 Å². The summed E-state index contributed by atoms with van der Waals surface area (Å²) in [5, 5.41) is 0.716. The lowest BCUT2D eigenvalue weighted by atomic mass is 10.2. The second-order valence-corrected chi connectivity index (χ2v) is 7.84. The second-order valence-electron chi connectivity index (χ2n) is 7.40. The van der Waals surface area contributed by atoms with E-state index in [2.05, 4.69) is 26.3 Å². The van der Waals surface area contributed by atoms with E-state index in [-0.39, 0.29) is 0 Å². The van der Waals surface area contributed by atoms with Gasteiger partial charge in [-0.05, 0) is 25.1 Å². The predicted octanol–water partition coefficient (Wildman–Crippen LogP) is 1.98. The summed E-state index contributed by atoms with van der Waals surface area (Å²) in [6, 6.07) is 7.82. The number of halogens is 1. The number of piperazine rings is 1. The van der Waals surface area contributed by atoms with Crippen LogP contribution in [0.2, 0.25) is 5.02 Å². The van der Waals surface area contributed by atoms with Crippen LogP contribution in [-0.4, -0.2) is 45.3 Å².